The first kappa shape index (κ1) is 9.32. The molecule has 1 saturated carbocycles. The Balaban J connectivity index is 2.26. The number of ether oxygens (including phenoxy) is 1. The number of fused-ring (bicyclic) bond motifs is 1. The van der Waals surface area contributed by atoms with Gasteiger partial charge in [0.25, 0.3) is 0 Å². The second-order valence-corrected chi connectivity index (χ2v) is 3.66. The fourth-order valence-corrected chi connectivity index (χ4v) is 2.27. The molecule has 0 aromatic rings. The van der Waals surface area contributed by atoms with Crippen molar-refractivity contribution in [2.75, 3.05) is 6.61 Å². The number of rotatable bonds is 1. The van der Waals surface area contributed by atoms with Gasteiger partial charge in [-0.2, -0.15) is 0 Å². The van der Waals surface area contributed by atoms with Gasteiger partial charge in [-0.3, -0.25) is 0 Å². The van der Waals surface area contributed by atoms with Crippen molar-refractivity contribution in [3.05, 3.63) is 0 Å². The van der Waals surface area contributed by atoms with Gasteiger partial charge in [0.1, 0.15) is 11.7 Å². The van der Waals surface area contributed by atoms with Crippen LogP contribution in [0, 0.1) is 5.92 Å². The van der Waals surface area contributed by atoms with E-state index in [9.17, 15) is 15.3 Å². The van der Waals surface area contributed by atoms with Gasteiger partial charge in [0.2, 0.25) is 0 Å². The molecule has 0 bridgehead atoms. The smallest absolute Gasteiger partial charge is 0.171 e. The van der Waals surface area contributed by atoms with Crippen LogP contribution in [0.4, 0.5) is 0 Å². The molecule has 1 aliphatic heterocycles. The second-order valence-electron chi connectivity index (χ2n) is 3.66. The summed E-state index contributed by atoms with van der Waals surface area (Å²) in [5.41, 5.74) is 4.25. The highest BCUT2D eigenvalue weighted by atomic mass is 16.6. The van der Waals surface area contributed by atoms with E-state index in [4.69, 9.17) is 15.6 Å². The van der Waals surface area contributed by atoms with Gasteiger partial charge in [-0.15, -0.1) is 0 Å². The maximum atomic E-state index is 9.37. The molecular weight excluding hydrogens is 178 g/mol. The highest BCUT2D eigenvalue weighted by Gasteiger charge is 2.70. The molecule has 1 aliphatic carbocycles. The summed E-state index contributed by atoms with van der Waals surface area (Å²) in [4.78, 5) is 0. The molecule has 2 rings (SSSR count). The molecule has 2 fully saturated rings. The van der Waals surface area contributed by atoms with Crippen LogP contribution in [0.3, 0.4) is 0 Å². The molecule has 0 spiro atoms. The van der Waals surface area contributed by atoms with Crippen molar-refractivity contribution in [2.24, 2.45) is 11.7 Å². The predicted octanol–water partition coefficient (Wildman–Crippen LogP) is -3.26. The van der Waals surface area contributed by atoms with Gasteiger partial charge in [0.05, 0.1) is 18.8 Å². The van der Waals surface area contributed by atoms with Crippen molar-refractivity contribution in [3.63, 3.8) is 0 Å². The largest absolute Gasteiger partial charge is 0.393 e. The van der Waals surface area contributed by atoms with Crippen molar-refractivity contribution >= 4 is 0 Å². The molecular formula is C7H13NO5. The minimum Gasteiger partial charge on any atom is -0.393 e. The average molecular weight is 191 g/mol. The average Bonchev–Trinajstić information content (AvgIpc) is 2.36. The lowest BCUT2D eigenvalue weighted by atomic mass is 9.63. The number of hydrogen-bond donors (Lipinski definition) is 5. The Labute approximate surface area is 74.5 Å². The standard InChI is InChI=1S/C7H13NO5/c8-3-2-4(10)5(11)7(2,1-9)13-6(3)12/h2-6,9-12H,1,8H2/t2?,3?,4?,5-,6-,7?/m1/s1. The minimum atomic E-state index is -1.27. The number of aliphatic hydroxyl groups excluding tert-OH is 4. The van der Waals surface area contributed by atoms with Crippen LogP contribution in [0.1, 0.15) is 0 Å². The molecule has 0 aromatic heterocycles. The molecule has 6 nitrogen and oxygen atoms in total. The summed E-state index contributed by atoms with van der Waals surface area (Å²) in [6.07, 6.45) is -3.44. The summed E-state index contributed by atoms with van der Waals surface area (Å²) in [7, 11) is 0. The highest BCUT2D eigenvalue weighted by molar-refractivity contribution is 5.18. The maximum absolute atomic E-state index is 9.37. The SMILES string of the molecule is NC1C2C(O)[C@@H](O)C2(CO)O[C@H]1O. The first-order valence-corrected chi connectivity index (χ1v) is 4.13. The summed E-state index contributed by atoms with van der Waals surface area (Å²) in [5, 5.41) is 36.9. The van der Waals surface area contributed by atoms with Crippen LogP contribution < -0.4 is 5.73 Å². The zero-order chi connectivity index (χ0) is 9.80. The quantitative estimate of drug-likeness (QED) is 0.297. The molecule has 2 aliphatic rings. The van der Waals surface area contributed by atoms with Gasteiger partial charge < -0.3 is 30.9 Å². The maximum Gasteiger partial charge on any atom is 0.171 e. The zero-order valence-corrected chi connectivity index (χ0v) is 6.87. The number of aliphatic hydroxyl groups is 4. The Hall–Kier alpha value is -0.240. The molecule has 0 amide bonds. The number of hydrogen-bond acceptors (Lipinski definition) is 6. The van der Waals surface area contributed by atoms with Crippen LogP contribution in [-0.2, 0) is 4.74 Å². The lowest BCUT2D eigenvalue weighted by Gasteiger charge is -2.51. The molecule has 6 atom stereocenters. The van der Waals surface area contributed by atoms with Crippen molar-refractivity contribution in [3.8, 4) is 0 Å². The first-order valence-electron chi connectivity index (χ1n) is 4.13. The summed E-state index contributed by atoms with van der Waals surface area (Å²) in [6, 6.07) is -0.759. The van der Waals surface area contributed by atoms with Crippen LogP contribution >= 0.6 is 0 Å². The lowest BCUT2D eigenvalue weighted by Crippen LogP contribution is -2.72. The minimum absolute atomic E-state index is 0.458. The van der Waals surface area contributed by atoms with Crippen molar-refractivity contribution in [2.45, 2.75) is 30.1 Å². The van der Waals surface area contributed by atoms with E-state index < -0.39 is 42.7 Å². The van der Waals surface area contributed by atoms with Crippen molar-refractivity contribution in [1.29, 1.82) is 0 Å². The van der Waals surface area contributed by atoms with E-state index in [0.717, 1.165) is 0 Å². The Morgan fingerprint density at radius 2 is 1.92 bits per heavy atom. The van der Waals surface area contributed by atoms with E-state index >= 15 is 0 Å². The van der Waals surface area contributed by atoms with Crippen LogP contribution in [0.25, 0.3) is 0 Å². The van der Waals surface area contributed by atoms with Gasteiger partial charge in [-0.05, 0) is 0 Å². The fourth-order valence-electron chi connectivity index (χ4n) is 2.27. The summed E-state index contributed by atoms with van der Waals surface area (Å²) >= 11 is 0. The van der Waals surface area contributed by atoms with E-state index in [1.165, 1.54) is 0 Å². The molecule has 6 N–H and O–H groups in total. The van der Waals surface area contributed by atoms with E-state index in [1.54, 1.807) is 0 Å². The monoisotopic (exact) mass is 191 g/mol. The third-order valence-corrected chi connectivity index (χ3v) is 3.09. The summed E-state index contributed by atoms with van der Waals surface area (Å²) in [6.45, 7) is -0.458. The highest BCUT2D eigenvalue weighted by Crippen LogP contribution is 2.49. The van der Waals surface area contributed by atoms with Gasteiger partial charge in [-0.1, -0.05) is 0 Å². The van der Waals surface area contributed by atoms with Crippen LogP contribution in [0.2, 0.25) is 0 Å². The number of nitrogens with two attached hydrogens (primary N) is 1. The Morgan fingerprint density at radius 3 is 2.38 bits per heavy atom. The van der Waals surface area contributed by atoms with E-state index in [-0.39, 0.29) is 0 Å². The molecule has 6 heteroatoms. The molecule has 0 radical (unpaired) electrons. The van der Waals surface area contributed by atoms with E-state index in [2.05, 4.69) is 0 Å². The molecule has 0 aromatic carbocycles. The predicted molar refractivity (Wildman–Crippen MR) is 40.4 cm³/mol. The van der Waals surface area contributed by atoms with Gasteiger partial charge in [0.15, 0.2) is 6.29 Å². The summed E-state index contributed by atoms with van der Waals surface area (Å²) in [5.74, 6) is -0.595. The van der Waals surface area contributed by atoms with Crippen molar-refractivity contribution < 1.29 is 25.2 Å². The Bertz CT molecular complexity index is 225. The molecule has 1 saturated heterocycles. The third kappa shape index (κ3) is 0.876. The van der Waals surface area contributed by atoms with Crippen LogP contribution in [0.5, 0.6) is 0 Å². The third-order valence-electron chi connectivity index (χ3n) is 3.09. The van der Waals surface area contributed by atoms with Crippen molar-refractivity contribution in [1.82, 2.24) is 0 Å². The first-order chi connectivity index (χ1) is 6.04. The Morgan fingerprint density at radius 1 is 1.31 bits per heavy atom. The van der Waals surface area contributed by atoms with E-state index in [1.807, 2.05) is 0 Å². The second kappa shape index (κ2) is 2.63. The lowest BCUT2D eigenvalue weighted by molar-refractivity contribution is -0.278. The molecule has 4 unspecified atom stereocenters. The summed E-state index contributed by atoms with van der Waals surface area (Å²) < 4.78 is 4.96. The molecule has 13 heavy (non-hydrogen) atoms. The van der Waals surface area contributed by atoms with Crippen LogP contribution in [0.15, 0.2) is 0 Å². The molecule has 1 heterocycles. The van der Waals surface area contributed by atoms with Gasteiger partial charge >= 0.3 is 0 Å². The Kier molecular flexibility index (Phi) is 1.88. The molecule has 76 valence electrons. The van der Waals surface area contributed by atoms with Gasteiger partial charge in [0, 0.05) is 5.92 Å². The topological polar surface area (TPSA) is 116 Å². The normalized spacial score (nSPS) is 60.2. The van der Waals surface area contributed by atoms with Crippen LogP contribution in [-0.4, -0.2) is 57.2 Å². The van der Waals surface area contributed by atoms with E-state index in [0.29, 0.717) is 0 Å². The fraction of sp³-hybridized carbons (Fsp3) is 1.00. The zero-order valence-electron chi connectivity index (χ0n) is 6.87. The van der Waals surface area contributed by atoms with Gasteiger partial charge in [-0.25, -0.2) is 0 Å².